The Morgan fingerprint density at radius 3 is 1.96 bits per heavy atom. The minimum atomic E-state index is -3.63. The van der Waals surface area contributed by atoms with Crippen molar-refractivity contribution >= 4 is 15.5 Å². The van der Waals surface area contributed by atoms with Gasteiger partial charge in [-0.1, -0.05) is 91.7 Å². The number of hydrogen-bond donors (Lipinski definition) is 1. The number of benzene rings is 2. The zero-order valence-corrected chi connectivity index (χ0v) is 31.2. The van der Waals surface area contributed by atoms with Crippen LogP contribution >= 0.6 is 0 Å². The van der Waals surface area contributed by atoms with Gasteiger partial charge in [-0.3, -0.25) is 0 Å². The summed E-state index contributed by atoms with van der Waals surface area (Å²) in [6.07, 6.45) is 8.80. The number of aliphatic hydroxyl groups excluding tert-OH is 1. The van der Waals surface area contributed by atoms with Crippen molar-refractivity contribution in [3.8, 4) is 5.75 Å². The first-order valence-electron chi connectivity index (χ1n) is 18.1. The van der Waals surface area contributed by atoms with Crippen LogP contribution in [0.25, 0.3) is 0 Å². The fraction of sp³-hybridized carbons (Fsp3) is 0.692. The Bertz CT molecular complexity index is 1290. The smallest absolute Gasteiger partial charge is 0.179 e. The molecule has 0 aliphatic carbocycles. The summed E-state index contributed by atoms with van der Waals surface area (Å²) >= 11 is 0. The number of nitrogens with zero attached hydrogens (tertiary/aromatic N) is 1. The number of rotatable bonds is 21. The number of hydrogen-bond acceptors (Lipinski definition) is 7. The van der Waals surface area contributed by atoms with Gasteiger partial charge in [-0.2, -0.15) is 0 Å². The molecule has 2 aromatic rings. The molecular weight excluding hydrogens is 610 g/mol. The molecule has 266 valence electrons. The van der Waals surface area contributed by atoms with Crippen LogP contribution in [0.4, 0.5) is 5.69 Å². The van der Waals surface area contributed by atoms with Crippen LogP contribution in [0.3, 0.4) is 0 Å². The second-order valence-corrected chi connectivity index (χ2v) is 15.8. The van der Waals surface area contributed by atoms with Crippen LogP contribution in [0.1, 0.15) is 116 Å². The normalized spacial score (nSPS) is 18.8. The highest BCUT2D eigenvalue weighted by molar-refractivity contribution is 7.91. The topological polar surface area (TPSA) is 85.3 Å². The summed E-state index contributed by atoms with van der Waals surface area (Å²) in [6, 6.07) is 13.4. The second-order valence-electron chi connectivity index (χ2n) is 13.8. The van der Waals surface area contributed by atoms with E-state index in [1.165, 1.54) is 19.3 Å². The van der Waals surface area contributed by atoms with Crippen molar-refractivity contribution in [2.24, 2.45) is 10.8 Å². The van der Waals surface area contributed by atoms with Gasteiger partial charge in [-0.25, -0.2) is 8.42 Å². The van der Waals surface area contributed by atoms with Gasteiger partial charge in [0.25, 0.3) is 0 Å². The predicted octanol–water partition coefficient (Wildman–Crippen LogP) is 8.42. The molecule has 0 saturated heterocycles. The first-order valence-corrected chi connectivity index (χ1v) is 19.8. The van der Waals surface area contributed by atoms with Crippen LogP contribution < -0.4 is 9.64 Å². The van der Waals surface area contributed by atoms with Crippen LogP contribution in [0.15, 0.2) is 47.4 Å². The van der Waals surface area contributed by atoms with Crippen molar-refractivity contribution in [1.29, 1.82) is 0 Å². The first-order chi connectivity index (χ1) is 22.5. The zero-order chi connectivity index (χ0) is 34.5. The van der Waals surface area contributed by atoms with E-state index in [0.717, 1.165) is 50.0 Å². The number of ether oxygens (including phenoxy) is 3. The van der Waals surface area contributed by atoms with E-state index in [-0.39, 0.29) is 5.75 Å². The van der Waals surface area contributed by atoms with Crippen LogP contribution in [-0.4, -0.2) is 72.5 Å². The van der Waals surface area contributed by atoms with Gasteiger partial charge in [0, 0.05) is 37.7 Å². The third-order valence-corrected chi connectivity index (χ3v) is 12.8. The first kappa shape index (κ1) is 39.3. The fourth-order valence-electron chi connectivity index (χ4n) is 7.27. The Kier molecular flexibility index (Phi) is 15.5. The standard InChI is InChI=1S/C39H63NO6S/c1-8-13-21-39(22-14-9-2)30-47(42,43)35-20-17-32(40(6)7)29-34(35)36(37(39)41)31-15-18-33(19-16-31)46-28-27-45-26-25-44-24-23-38(10-3,11-4)12-5/h15-20,29,36-37,41H,8-14,21-28,30H2,1-7H3/t36-,37-/m1/s1. The van der Waals surface area contributed by atoms with Crippen molar-refractivity contribution in [3.05, 3.63) is 53.6 Å². The van der Waals surface area contributed by atoms with E-state index in [9.17, 15) is 13.5 Å². The van der Waals surface area contributed by atoms with E-state index in [2.05, 4.69) is 34.6 Å². The van der Waals surface area contributed by atoms with Gasteiger partial charge >= 0.3 is 0 Å². The van der Waals surface area contributed by atoms with Gasteiger partial charge in [0.05, 0.1) is 36.6 Å². The largest absolute Gasteiger partial charge is 0.491 e. The maximum atomic E-state index is 14.1. The molecule has 0 bridgehead atoms. The van der Waals surface area contributed by atoms with Gasteiger partial charge in [0.1, 0.15) is 12.4 Å². The Morgan fingerprint density at radius 2 is 1.40 bits per heavy atom. The number of sulfone groups is 1. The summed E-state index contributed by atoms with van der Waals surface area (Å²) in [5, 5.41) is 12.4. The van der Waals surface area contributed by atoms with E-state index in [0.29, 0.717) is 60.9 Å². The molecule has 47 heavy (non-hydrogen) atoms. The molecule has 0 fully saturated rings. The van der Waals surface area contributed by atoms with Crippen LogP contribution in [0.2, 0.25) is 0 Å². The third kappa shape index (κ3) is 10.2. The highest BCUT2D eigenvalue weighted by atomic mass is 32.2. The van der Waals surface area contributed by atoms with Crippen molar-refractivity contribution in [2.45, 2.75) is 116 Å². The van der Waals surface area contributed by atoms with Gasteiger partial charge in [-0.15, -0.1) is 0 Å². The van der Waals surface area contributed by atoms with Crippen molar-refractivity contribution < 1.29 is 27.7 Å². The maximum absolute atomic E-state index is 14.1. The number of aliphatic hydroxyl groups is 1. The van der Waals surface area contributed by atoms with Crippen LogP contribution in [0, 0.1) is 10.8 Å². The Labute approximate surface area is 286 Å². The van der Waals surface area contributed by atoms with E-state index >= 15 is 0 Å². The molecule has 2 atom stereocenters. The summed E-state index contributed by atoms with van der Waals surface area (Å²) in [5.74, 6) is 0.199. The van der Waals surface area contributed by atoms with Crippen molar-refractivity contribution in [2.75, 3.05) is 57.8 Å². The lowest BCUT2D eigenvalue weighted by Gasteiger charge is -2.40. The molecule has 1 heterocycles. The van der Waals surface area contributed by atoms with Gasteiger partial charge in [-0.05, 0) is 66.1 Å². The summed E-state index contributed by atoms with van der Waals surface area (Å²) in [4.78, 5) is 2.31. The third-order valence-electron chi connectivity index (χ3n) is 10.8. The van der Waals surface area contributed by atoms with Gasteiger partial charge < -0.3 is 24.2 Å². The molecule has 1 N–H and O–H groups in total. The lowest BCUT2D eigenvalue weighted by Crippen LogP contribution is -2.43. The molecule has 0 radical (unpaired) electrons. The molecular formula is C39H63NO6S. The molecule has 0 unspecified atom stereocenters. The average Bonchev–Trinajstić information content (AvgIpc) is 3.14. The summed E-state index contributed by atoms with van der Waals surface area (Å²) < 4.78 is 45.7. The van der Waals surface area contributed by atoms with E-state index in [1.54, 1.807) is 6.07 Å². The minimum absolute atomic E-state index is 0.0325. The molecule has 2 aromatic carbocycles. The Hall–Kier alpha value is -2.13. The molecule has 0 spiro atoms. The van der Waals surface area contributed by atoms with Crippen LogP contribution in [0.5, 0.6) is 5.75 Å². The molecule has 7 nitrogen and oxygen atoms in total. The Balaban J connectivity index is 1.73. The molecule has 0 aromatic heterocycles. The molecule has 3 rings (SSSR count). The molecule has 0 saturated carbocycles. The number of fused-ring (bicyclic) bond motifs is 1. The van der Waals surface area contributed by atoms with Gasteiger partial charge in [0.2, 0.25) is 0 Å². The molecule has 0 amide bonds. The van der Waals surface area contributed by atoms with Crippen molar-refractivity contribution in [3.63, 3.8) is 0 Å². The summed E-state index contributed by atoms with van der Waals surface area (Å²) in [6.45, 7) is 13.8. The molecule has 8 heteroatoms. The predicted molar refractivity (Wildman–Crippen MR) is 194 cm³/mol. The molecule has 1 aliphatic rings. The van der Waals surface area contributed by atoms with Crippen LogP contribution in [-0.2, 0) is 19.3 Å². The van der Waals surface area contributed by atoms with E-state index in [4.69, 9.17) is 14.2 Å². The fourth-order valence-corrected chi connectivity index (χ4v) is 9.46. The summed E-state index contributed by atoms with van der Waals surface area (Å²) in [7, 11) is 0.265. The lowest BCUT2D eigenvalue weighted by molar-refractivity contribution is 0.0127. The van der Waals surface area contributed by atoms with E-state index < -0.39 is 27.3 Å². The SMILES string of the molecule is CCCCC1(CCCC)CS(=O)(=O)c2ccc(N(C)C)cc2[C@@H](c2ccc(OCCOCCOCCC(CC)(CC)CC)cc2)[C@H]1O. The highest BCUT2D eigenvalue weighted by Crippen LogP contribution is 2.50. The van der Waals surface area contributed by atoms with E-state index in [1.807, 2.05) is 55.4 Å². The molecule has 1 aliphatic heterocycles. The lowest BCUT2D eigenvalue weighted by atomic mass is 9.68. The van der Waals surface area contributed by atoms with Gasteiger partial charge in [0.15, 0.2) is 9.84 Å². The minimum Gasteiger partial charge on any atom is -0.491 e. The maximum Gasteiger partial charge on any atom is 0.179 e. The average molecular weight is 674 g/mol. The quantitative estimate of drug-likeness (QED) is 0.133. The van der Waals surface area contributed by atoms with Crippen molar-refractivity contribution in [1.82, 2.24) is 0 Å². The highest BCUT2D eigenvalue weighted by Gasteiger charge is 2.49. The zero-order valence-electron chi connectivity index (χ0n) is 30.4. The second kappa shape index (κ2) is 18.6. The number of anilines is 1. The monoisotopic (exact) mass is 673 g/mol. The Morgan fingerprint density at radius 1 is 0.830 bits per heavy atom. The summed E-state index contributed by atoms with van der Waals surface area (Å²) in [5.41, 5.74) is 2.14. The number of unbranched alkanes of at least 4 members (excludes halogenated alkanes) is 2.